The number of rotatable bonds is 5. The van der Waals surface area contributed by atoms with E-state index in [1.807, 2.05) is 0 Å². The topological polar surface area (TPSA) is 121 Å². The first-order chi connectivity index (χ1) is 14.4. The number of ether oxygens (including phenoxy) is 3. The number of hydrogen-bond acceptors (Lipinski definition) is 9. The van der Waals surface area contributed by atoms with Crippen LogP contribution in [0.25, 0.3) is 11.5 Å². The van der Waals surface area contributed by atoms with Crippen LogP contribution in [-0.2, 0) is 16.0 Å². The van der Waals surface area contributed by atoms with E-state index in [1.165, 1.54) is 26.4 Å². The number of allylic oxidation sites excluding steroid dienone is 1. The van der Waals surface area contributed by atoms with Crippen LogP contribution >= 0.6 is 11.6 Å². The predicted octanol–water partition coefficient (Wildman–Crippen LogP) is 2.39. The lowest BCUT2D eigenvalue weighted by atomic mass is 9.75. The van der Waals surface area contributed by atoms with Crippen LogP contribution in [0.4, 0.5) is 0 Å². The van der Waals surface area contributed by atoms with Crippen LogP contribution in [0.3, 0.4) is 0 Å². The van der Waals surface area contributed by atoms with E-state index in [9.17, 15) is 9.59 Å². The van der Waals surface area contributed by atoms with Crippen molar-refractivity contribution in [2.24, 2.45) is 5.92 Å². The number of halogens is 1. The van der Waals surface area contributed by atoms with Gasteiger partial charge in [0.05, 0.1) is 31.4 Å². The number of aromatic nitrogens is 2. The van der Waals surface area contributed by atoms with Crippen LogP contribution in [0.1, 0.15) is 29.5 Å². The van der Waals surface area contributed by atoms with E-state index in [1.54, 1.807) is 6.92 Å². The fourth-order valence-corrected chi connectivity index (χ4v) is 4.16. The lowest BCUT2D eigenvalue weighted by molar-refractivity contribution is -0.118. The molecule has 0 saturated carbocycles. The van der Waals surface area contributed by atoms with E-state index >= 15 is 0 Å². The minimum Gasteiger partial charge on any atom is -0.496 e. The molecule has 0 fully saturated rings. The maximum atomic E-state index is 13.6. The van der Waals surface area contributed by atoms with Gasteiger partial charge in [0.25, 0.3) is 5.89 Å². The smallest absolute Gasteiger partial charge is 0.259 e. The summed E-state index contributed by atoms with van der Waals surface area (Å²) in [5.74, 6) is -0.212. The number of benzene rings is 1. The summed E-state index contributed by atoms with van der Waals surface area (Å²) in [6, 6.07) is 1.52. The summed E-state index contributed by atoms with van der Waals surface area (Å²) in [7, 11) is 2.79. The third-order valence-electron chi connectivity index (χ3n) is 5.35. The molecule has 1 aromatic heterocycles. The highest BCUT2D eigenvalue weighted by Crippen LogP contribution is 2.54. The Labute approximate surface area is 176 Å². The summed E-state index contributed by atoms with van der Waals surface area (Å²) >= 11 is 6.60. The molecule has 0 saturated heterocycles. The second-order valence-electron chi connectivity index (χ2n) is 7.08. The minimum absolute atomic E-state index is 0.0924. The average Bonchev–Trinajstić information content (AvgIpc) is 3.30. The van der Waals surface area contributed by atoms with Crippen molar-refractivity contribution in [3.05, 3.63) is 34.3 Å². The standard InChI is InChI=1S/C20H19ClN2O7/c1-9-6-10(25)7-13(28-3)20(9)18(26)15-12(27-2)8-11(16(21)17(15)29-20)19-22-14(4-5-24)23-30-19/h7-9,24H,4-6H2,1-3H3/t9-,20+/m1/s1. The first-order valence-corrected chi connectivity index (χ1v) is 9.62. The summed E-state index contributed by atoms with van der Waals surface area (Å²) in [6.07, 6.45) is 1.62. The van der Waals surface area contributed by atoms with Crippen molar-refractivity contribution in [2.75, 3.05) is 20.8 Å². The van der Waals surface area contributed by atoms with Crippen molar-refractivity contribution in [1.29, 1.82) is 0 Å². The number of Topliss-reactive ketones (excluding diaryl/α,β-unsaturated/α-hetero) is 1. The van der Waals surface area contributed by atoms with Crippen LogP contribution < -0.4 is 9.47 Å². The van der Waals surface area contributed by atoms with Crippen LogP contribution in [-0.4, -0.2) is 53.2 Å². The number of carbonyl (C=O) groups is 2. The number of nitrogens with zero attached hydrogens (tertiary/aromatic N) is 2. The normalized spacial score (nSPS) is 22.7. The molecule has 30 heavy (non-hydrogen) atoms. The van der Waals surface area contributed by atoms with Gasteiger partial charge in [0, 0.05) is 24.8 Å². The van der Waals surface area contributed by atoms with E-state index in [4.69, 9.17) is 35.4 Å². The fourth-order valence-electron chi connectivity index (χ4n) is 3.89. The van der Waals surface area contributed by atoms with Gasteiger partial charge in [-0.15, -0.1) is 0 Å². The van der Waals surface area contributed by atoms with E-state index < -0.39 is 17.3 Å². The van der Waals surface area contributed by atoms with E-state index in [-0.39, 0.29) is 59.0 Å². The Kier molecular flexibility index (Phi) is 5.03. The third-order valence-corrected chi connectivity index (χ3v) is 5.72. The molecule has 1 N–H and O–H groups in total. The van der Waals surface area contributed by atoms with Gasteiger partial charge in [0.15, 0.2) is 23.1 Å². The number of fused-ring (bicyclic) bond motifs is 1. The van der Waals surface area contributed by atoms with Crippen molar-refractivity contribution in [2.45, 2.75) is 25.4 Å². The molecule has 2 atom stereocenters. The molecule has 0 bridgehead atoms. The summed E-state index contributed by atoms with van der Waals surface area (Å²) < 4.78 is 22.2. The largest absolute Gasteiger partial charge is 0.496 e. The van der Waals surface area contributed by atoms with Gasteiger partial charge in [-0.05, 0) is 6.07 Å². The molecular weight excluding hydrogens is 416 g/mol. The zero-order chi connectivity index (χ0) is 21.6. The number of ketones is 2. The minimum atomic E-state index is -1.52. The van der Waals surface area contributed by atoms with Crippen LogP contribution in [0, 0.1) is 5.92 Å². The molecule has 2 aromatic rings. The average molecular weight is 435 g/mol. The lowest BCUT2D eigenvalue weighted by Crippen LogP contribution is -2.51. The number of hydrogen-bond donors (Lipinski definition) is 1. The zero-order valence-electron chi connectivity index (χ0n) is 16.5. The Hall–Kier alpha value is -2.91. The van der Waals surface area contributed by atoms with E-state index in [0.717, 1.165) is 0 Å². The molecule has 2 heterocycles. The van der Waals surface area contributed by atoms with Crippen molar-refractivity contribution in [3.8, 4) is 23.0 Å². The summed E-state index contributed by atoms with van der Waals surface area (Å²) in [6.45, 7) is 1.61. The zero-order valence-corrected chi connectivity index (χ0v) is 17.3. The van der Waals surface area contributed by atoms with Gasteiger partial charge in [-0.3, -0.25) is 9.59 Å². The van der Waals surface area contributed by atoms with E-state index in [0.29, 0.717) is 11.4 Å². The van der Waals surface area contributed by atoms with Gasteiger partial charge in [0.1, 0.15) is 11.3 Å². The molecular formula is C20H19ClN2O7. The van der Waals surface area contributed by atoms with Gasteiger partial charge in [-0.2, -0.15) is 4.98 Å². The van der Waals surface area contributed by atoms with Crippen molar-refractivity contribution in [3.63, 3.8) is 0 Å². The summed E-state index contributed by atoms with van der Waals surface area (Å²) in [5, 5.41) is 12.9. The SMILES string of the molecule is COC1=CC(=O)C[C@@H](C)[C@]12Oc1c(Cl)c(-c3nc(CCO)no3)cc(OC)c1C2=O. The Morgan fingerprint density at radius 1 is 1.33 bits per heavy atom. The lowest BCUT2D eigenvalue weighted by Gasteiger charge is -2.36. The first-order valence-electron chi connectivity index (χ1n) is 9.24. The predicted molar refractivity (Wildman–Crippen MR) is 104 cm³/mol. The van der Waals surface area contributed by atoms with Gasteiger partial charge >= 0.3 is 0 Å². The molecule has 0 amide bonds. The number of aliphatic hydroxyl groups is 1. The van der Waals surface area contributed by atoms with Crippen LogP contribution in [0.15, 0.2) is 22.4 Å². The Morgan fingerprint density at radius 2 is 2.10 bits per heavy atom. The third kappa shape index (κ3) is 2.80. The number of carbonyl (C=O) groups excluding carboxylic acids is 2. The molecule has 2 aliphatic rings. The first kappa shape index (κ1) is 20.4. The molecule has 1 aromatic carbocycles. The van der Waals surface area contributed by atoms with Gasteiger partial charge < -0.3 is 23.8 Å². The molecule has 10 heteroatoms. The fraction of sp³-hybridized carbons (Fsp3) is 0.400. The summed E-state index contributed by atoms with van der Waals surface area (Å²) in [5.41, 5.74) is -1.04. The summed E-state index contributed by atoms with van der Waals surface area (Å²) in [4.78, 5) is 29.8. The van der Waals surface area contributed by atoms with Gasteiger partial charge in [0.2, 0.25) is 11.4 Å². The van der Waals surface area contributed by atoms with Crippen molar-refractivity contribution >= 4 is 23.2 Å². The highest BCUT2D eigenvalue weighted by Gasteiger charge is 2.59. The molecule has 4 rings (SSSR count). The molecule has 1 spiro atoms. The maximum absolute atomic E-state index is 13.6. The van der Waals surface area contributed by atoms with Gasteiger partial charge in [-0.25, -0.2) is 0 Å². The highest BCUT2D eigenvalue weighted by atomic mass is 35.5. The van der Waals surface area contributed by atoms with Crippen molar-refractivity contribution in [1.82, 2.24) is 10.1 Å². The second-order valence-corrected chi connectivity index (χ2v) is 7.46. The van der Waals surface area contributed by atoms with Crippen molar-refractivity contribution < 1.29 is 33.4 Å². The maximum Gasteiger partial charge on any atom is 0.259 e. The molecule has 9 nitrogen and oxygen atoms in total. The quantitative estimate of drug-likeness (QED) is 0.755. The van der Waals surface area contributed by atoms with Crippen LogP contribution in [0.5, 0.6) is 11.5 Å². The van der Waals surface area contributed by atoms with Gasteiger partial charge in [-0.1, -0.05) is 23.7 Å². The Balaban J connectivity index is 1.89. The Morgan fingerprint density at radius 3 is 2.77 bits per heavy atom. The molecule has 158 valence electrons. The number of methoxy groups -OCH3 is 2. The number of aliphatic hydroxyl groups excluding tert-OH is 1. The van der Waals surface area contributed by atoms with E-state index in [2.05, 4.69) is 10.1 Å². The van der Waals surface area contributed by atoms with Crippen LogP contribution in [0.2, 0.25) is 5.02 Å². The molecule has 0 radical (unpaired) electrons. The highest BCUT2D eigenvalue weighted by molar-refractivity contribution is 6.36. The molecule has 1 aliphatic carbocycles. The molecule has 0 unspecified atom stereocenters. The Bertz CT molecular complexity index is 1080. The molecule has 1 aliphatic heterocycles. The second kappa shape index (κ2) is 7.41. The monoisotopic (exact) mass is 434 g/mol.